The normalized spacial score (nSPS) is 16.1. The third-order valence-corrected chi connectivity index (χ3v) is 9.20. The molecule has 1 amide bonds. The molecule has 1 fully saturated rings. The first kappa shape index (κ1) is 35.6. The minimum atomic E-state index is -0.815. The highest BCUT2D eigenvalue weighted by atomic mass is 32.1. The number of rotatable bonds is 12. The number of hydrogen-bond acceptors (Lipinski definition) is 10. The van der Waals surface area contributed by atoms with Crippen LogP contribution in [0.1, 0.15) is 50.4 Å². The molecule has 1 atom stereocenters. The summed E-state index contributed by atoms with van der Waals surface area (Å²) in [5, 5.41) is 0. The van der Waals surface area contributed by atoms with E-state index >= 15 is 0 Å². The number of morpholine rings is 1. The Hall–Kier alpha value is -5.20. The third kappa shape index (κ3) is 8.08. The van der Waals surface area contributed by atoms with Crippen LogP contribution in [0.25, 0.3) is 11.8 Å². The molecule has 0 N–H and O–H groups in total. The van der Waals surface area contributed by atoms with Gasteiger partial charge in [0.25, 0.3) is 11.5 Å². The van der Waals surface area contributed by atoms with Crippen molar-refractivity contribution in [2.24, 2.45) is 4.99 Å². The fourth-order valence-corrected chi connectivity index (χ4v) is 6.95. The Morgan fingerprint density at radius 1 is 0.961 bits per heavy atom. The van der Waals surface area contributed by atoms with Crippen LogP contribution < -0.4 is 29.1 Å². The largest absolute Gasteiger partial charge is 0.491 e. The summed E-state index contributed by atoms with van der Waals surface area (Å²) in [6.45, 7) is 9.99. The molecular formula is C39H41N3O8S. The highest BCUT2D eigenvalue weighted by molar-refractivity contribution is 7.07. The number of ether oxygens (including phenoxy) is 5. The first-order valence-corrected chi connectivity index (χ1v) is 17.9. The van der Waals surface area contributed by atoms with Gasteiger partial charge in [0.1, 0.15) is 5.75 Å². The number of carbonyl (C=O) groups is 2. The van der Waals surface area contributed by atoms with Crippen molar-refractivity contribution in [1.29, 1.82) is 0 Å². The third-order valence-electron chi connectivity index (χ3n) is 8.22. The van der Waals surface area contributed by atoms with Crippen LogP contribution in [-0.2, 0) is 19.1 Å². The number of hydrogen-bond donors (Lipinski definition) is 0. The Kier molecular flexibility index (Phi) is 11.3. The topological polar surface area (TPSA) is 118 Å². The molecule has 4 aromatic rings. The first-order valence-electron chi connectivity index (χ1n) is 17.1. The number of nitrogens with zero attached hydrogens (tertiary/aromatic N) is 3. The van der Waals surface area contributed by atoms with Crippen LogP contribution in [0, 0.1) is 0 Å². The van der Waals surface area contributed by atoms with E-state index in [0.717, 1.165) is 5.56 Å². The monoisotopic (exact) mass is 711 g/mol. The standard InChI is InChI=1S/C39H41N3O8S/c1-5-47-31-22-26(12-17-30(31)49-24-33(43)41-18-20-46-21-19-41)23-32-37(44)42-36(28-13-15-29(16-14-28)50-25(3)4)34(38(45)48-6-2)35(40-39(42)51-32)27-10-8-7-9-11-27/h7-17,22-23,25,36H,5-6,18-21,24H2,1-4H3/b32-23-/t36-/m1/s1. The molecule has 6 rings (SSSR count). The number of aromatic nitrogens is 1. The van der Waals surface area contributed by atoms with Crippen molar-refractivity contribution in [2.45, 2.75) is 39.8 Å². The molecule has 2 aliphatic rings. The van der Waals surface area contributed by atoms with E-state index in [-0.39, 0.29) is 36.4 Å². The average molecular weight is 712 g/mol. The van der Waals surface area contributed by atoms with Gasteiger partial charge >= 0.3 is 5.97 Å². The van der Waals surface area contributed by atoms with Crippen LogP contribution in [0.5, 0.6) is 17.2 Å². The summed E-state index contributed by atoms with van der Waals surface area (Å²) in [7, 11) is 0. The zero-order valence-electron chi connectivity index (χ0n) is 29.1. The summed E-state index contributed by atoms with van der Waals surface area (Å²) < 4.78 is 30.5. The fourth-order valence-electron chi connectivity index (χ4n) is 5.95. The van der Waals surface area contributed by atoms with Crippen molar-refractivity contribution in [3.05, 3.63) is 115 Å². The zero-order valence-corrected chi connectivity index (χ0v) is 29.9. The van der Waals surface area contributed by atoms with E-state index < -0.39 is 12.0 Å². The molecule has 3 heterocycles. The van der Waals surface area contributed by atoms with Gasteiger partial charge in [-0.2, -0.15) is 0 Å². The summed E-state index contributed by atoms with van der Waals surface area (Å²) >= 11 is 1.23. The van der Waals surface area contributed by atoms with E-state index in [2.05, 4.69) is 0 Å². The number of thiazole rings is 1. The van der Waals surface area contributed by atoms with Gasteiger partial charge in [-0.25, -0.2) is 9.79 Å². The number of fused-ring (bicyclic) bond motifs is 1. The molecule has 3 aromatic carbocycles. The van der Waals surface area contributed by atoms with E-state index in [1.54, 1.807) is 40.7 Å². The number of benzene rings is 3. The highest BCUT2D eigenvalue weighted by Crippen LogP contribution is 2.36. The van der Waals surface area contributed by atoms with Gasteiger partial charge in [0, 0.05) is 18.7 Å². The van der Waals surface area contributed by atoms with Crippen LogP contribution in [0.2, 0.25) is 0 Å². The second-order valence-corrected chi connectivity index (χ2v) is 13.1. The SMILES string of the molecule is CCOC(=O)C1=C(c2ccccc2)N=c2s/c(=C\c3ccc(OCC(=O)N4CCOCC4)c(OCC)c3)c(=O)n2[C@@H]1c1ccc(OC(C)C)cc1. The van der Waals surface area contributed by atoms with Gasteiger partial charge in [-0.15, -0.1) is 0 Å². The van der Waals surface area contributed by atoms with Gasteiger partial charge in [-0.1, -0.05) is 59.9 Å². The van der Waals surface area contributed by atoms with E-state index in [1.165, 1.54) is 11.3 Å². The smallest absolute Gasteiger partial charge is 0.338 e. The Morgan fingerprint density at radius 2 is 1.71 bits per heavy atom. The van der Waals surface area contributed by atoms with Crippen molar-refractivity contribution >= 4 is 35.0 Å². The summed E-state index contributed by atoms with van der Waals surface area (Å²) in [6.07, 6.45) is 1.75. The molecule has 0 aliphatic carbocycles. The quantitative estimate of drug-likeness (QED) is 0.199. The van der Waals surface area contributed by atoms with Gasteiger partial charge in [0.05, 0.1) is 54.4 Å². The maximum Gasteiger partial charge on any atom is 0.338 e. The van der Waals surface area contributed by atoms with Crippen molar-refractivity contribution in [1.82, 2.24) is 9.47 Å². The minimum absolute atomic E-state index is 0.0188. The maximum atomic E-state index is 14.4. The van der Waals surface area contributed by atoms with Crippen LogP contribution >= 0.6 is 11.3 Å². The van der Waals surface area contributed by atoms with Crippen LogP contribution in [0.4, 0.5) is 0 Å². The molecule has 1 saturated heterocycles. The van der Waals surface area contributed by atoms with Crippen molar-refractivity contribution in [3.8, 4) is 17.2 Å². The lowest BCUT2D eigenvalue weighted by Crippen LogP contribution is -2.43. The second kappa shape index (κ2) is 16.2. The van der Waals surface area contributed by atoms with E-state index in [9.17, 15) is 14.4 Å². The Bertz CT molecular complexity index is 2080. The Morgan fingerprint density at radius 3 is 2.39 bits per heavy atom. The Balaban J connectivity index is 1.43. The van der Waals surface area contributed by atoms with Gasteiger partial charge < -0.3 is 28.6 Å². The summed E-state index contributed by atoms with van der Waals surface area (Å²) in [5.74, 6) is 0.875. The molecular weight excluding hydrogens is 671 g/mol. The molecule has 1 aromatic heterocycles. The van der Waals surface area contributed by atoms with Crippen molar-refractivity contribution in [2.75, 3.05) is 46.1 Å². The van der Waals surface area contributed by atoms with E-state index in [0.29, 0.717) is 76.3 Å². The second-order valence-electron chi connectivity index (χ2n) is 12.1. The van der Waals surface area contributed by atoms with Crippen molar-refractivity contribution in [3.63, 3.8) is 0 Å². The van der Waals surface area contributed by atoms with Gasteiger partial charge in [-0.3, -0.25) is 14.2 Å². The predicted molar refractivity (Wildman–Crippen MR) is 194 cm³/mol. The van der Waals surface area contributed by atoms with Crippen LogP contribution in [-0.4, -0.2) is 73.6 Å². The van der Waals surface area contributed by atoms with Gasteiger partial charge in [-0.05, 0) is 69.2 Å². The van der Waals surface area contributed by atoms with Gasteiger partial charge in [0.15, 0.2) is 22.9 Å². The highest BCUT2D eigenvalue weighted by Gasteiger charge is 2.35. The molecule has 0 bridgehead atoms. The fraction of sp³-hybridized carbons (Fsp3) is 0.333. The number of carbonyl (C=O) groups excluding carboxylic acids is 2. The lowest BCUT2D eigenvalue weighted by molar-refractivity contribution is -0.139. The van der Waals surface area contributed by atoms with Gasteiger partial charge in [0.2, 0.25) is 0 Å². The lowest BCUT2D eigenvalue weighted by Gasteiger charge is -2.26. The summed E-state index contributed by atoms with van der Waals surface area (Å²) in [6, 6.07) is 21.3. The first-order chi connectivity index (χ1) is 24.8. The molecule has 2 aliphatic heterocycles. The maximum absolute atomic E-state index is 14.4. The predicted octanol–water partition coefficient (Wildman–Crippen LogP) is 4.36. The molecule has 0 saturated carbocycles. The molecule has 11 nitrogen and oxygen atoms in total. The summed E-state index contributed by atoms with van der Waals surface area (Å²) in [4.78, 5) is 47.9. The van der Waals surface area contributed by atoms with Crippen LogP contribution in [0.3, 0.4) is 0 Å². The molecule has 0 radical (unpaired) electrons. The molecule has 51 heavy (non-hydrogen) atoms. The molecule has 0 unspecified atom stereocenters. The number of amides is 1. The zero-order chi connectivity index (χ0) is 35.9. The summed E-state index contributed by atoms with van der Waals surface area (Å²) in [5.41, 5.74) is 2.53. The van der Waals surface area contributed by atoms with E-state index in [1.807, 2.05) is 75.4 Å². The average Bonchev–Trinajstić information content (AvgIpc) is 3.45. The van der Waals surface area contributed by atoms with Crippen LogP contribution in [0.15, 0.2) is 88.2 Å². The number of esters is 1. The molecule has 0 spiro atoms. The van der Waals surface area contributed by atoms with E-state index in [4.69, 9.17) is 28.7 Å². The lowest BCUT2D eigenvalue weighted by atomic mass is 9.93. The molecule has 12 heteroatoms. The Labute approximate surface area is 300 Å². The molecule has 266 valence electrons. The van der Waals surface area contributed by atoms with Crippen molar-refractivity contribution < 1.29 is 33.3 Å². The minimum Gasteiger partial charge on any atom is -0.491 e.